The Morgan fingerprint density at radius 3 is 2.89 bits per heavy atom. The van der Waals surface area contributed by atoms with Gasteiger partial charge in [0.15, 0.2) is 5.82 Å². The molecule has 5 nitrogen and oxygen atoms in total. The van der Waals surface area contributed by atoms with Crippen LogP contribution in [0.5, 0.6) is 0 Å². The average Bonchev–Trinajstić information content (AvgIpc) is 2.46. The van der Waals surface area contributed by atoms with Gasteiger partial charge in [-0.1, -0.05) is 0 Å². The molecular formula is C14H23N3O2. The van der Waals surface area contributed by atoms with Crippen LogP contribution in [0.1, 0.15) is 25.0 Å². The first kappa shape index (κ1) is 14.2. The van der Waals surface area contributed by atoms with Gasteiger partial charge >= 0.3 is 0 Å². The van der Waals surface area contributed by atoms with Crippen molar-refractivity contribution in [3.05, 3.63) is 17.8 Å². The summed E-state index contributed by atoms with van der Waals surface area (Å²) in [5.41, 5.74) is 0.856. The topological polar surface area (TPSA) is 58.5 Å². The molecule has 0 amide bonds. The smallest absolute Gasteiger partial charge is 0.151 e. The summed E-state index contributed by atoms with van der Waals surface area (Å²) in [5.74, 6) is 0.903. The van der Waals surface area contributed by atoms with E-state index >= 15 is 0 Å². The Kier molecular flexibility index (Phi) is 4.71. The maximum atomic E-state index is 9.76. The third kappa shape index (κ3) is 3.42. The zero-order valence-electron chi connectivity index (χ0n) is 11.8. The molecule has 1 atom stereocenters. The Hall–Kier alpha value is -1.20. The lowest BCUT2D eigenvalue weighted by molar-refractivity contribution is 0.0624. The van der Waals surface area contributed by atoms with Crippen molar-refractivity contribution >= 4 is 5.82 Å². The van der Waals surface area contributed by atoms with E-state index in [0.717, 1.165) is 43.9 Å². The van der Waals surface area contributed by atoms with E-state index < -0.39 is 0 Å². The summed E-state index contributed by atoms with van der Waals surface area (Å²) in [6.07, 6.45) is 3.00. The third-order valence-electron chi connectivity index (χ3n) is 3.94. The highest BCUT2D eigenvalue weighted by molar-refractivity contribution is 5.38. The van der Waals surface area contributed by atoms with Gasteiger partial charge < -0.3 is 14.7 Å². The van der Waals surface area contributed by atoms with Crippen LogP contribution < -0.4 is 4.90 Å². The SMILES string of the molecule is COCCC1(CO)CCCN(c2ccc(C)nn2)C1. The molecule has 1 fully saturated rings. The number of hydrogen-bond acceptors (Lipinski definition) is 5. The fraction of sp³-hybridized carbons (Fsp3) is 0.714. The molecule has 0 bridgehead atoms. The van der Waals surface area contributed by atoms with E-state index in [0.29, 0.717) is 6.61 Å². The molecule has 0 spiro atoms. The fourth-order valence-corrected chi connectivity index (χ4v) is 2.69. The van der Waals surface area contributed by atoms with Crippen molar-refractivity contribution in [2.45, 2.75) is 26.2 Å². The van der Waals surface area contributed by atoms with Crippen LogP contribution in [0, 0.1) is 12.3 Å². The first-order chi connectivity index (χ1) is 9.19. The lowest BCUT2D eigenvalue weighted by atomic mass is 9.78. The van der Waals surface area contributed by atoms with E-state index in [1.165, 1.54) is 0 Å². The van der Waals surface area contributed by atoms with Gasteiger partial charge in [-0.05, 0) is 38.3 Å². The first-order valence-corrected chi connectivity index (χ1v) is 6.84. The Balaban J connectivity index is 2.08. The number of anilines is 1. The number of aliphatic hydroxyl groups is 1. The van der Waals surface area contributed by atoms with Crippen molar-refractivity contribution in [3.63, 3.8) is 0 Å². The second-order valence-electron chi connectivity index (χ2n) is 5.46. The quantitative estimate of drug-likeness (QED) is 0.872. The van der Waals surface area contributed by atoms with Gasteiger partial charge in [0.25, 0.3) is 0 Å². The summed E-state index contributed by atoms with van der Waals surface area (Å²) in [4.78, 5) is 2.22. The summed E-state index contributed by atoms with van der Waals surface area (Å²) in [5, 5.41) is 18.1. The van der Waals surface area contributed by atoms with Gasteiger partial charge in [0.05, 0.1) is 12.3 Å². The fourth-order valence-electron chi connectivity index (χ4n) is 2.69. The normalized spacial score (nSPS) is 23.6. The van der Waals surface area contributed by atoms with E-state index in [-0.39, 0.29) is 12.0 Å². The van der Waals surface area contributed by atoms with Crippen molar-refractivity contribution in [1.82, 2.24) is 10.2 Å². The summed E-state index contributed by atoms with van der Waals surface area (Å²) in [7, 11) is 1.71. The molecule has 1 aliphatic rings. The lowest BCUT2D eigenvalue weighted by Gasteiger charge is -2.42. The summed E-state index contributed by atoms with van der Waals surface area (Å²) in [6.45, 7) is 4.63. The molecule has 0 aliphatic carbocycles. The van der Waals surface area contributed by atoms with Crippen LogP contribution in [-0.2, 0) is 4.74 Å². The average molecular weight is 265 g/mol. The molecule has 0 aromatic carbocycles. The molecule has 19 heavy (non-hydrogen) atoms. The minimum atomic E-state index is -0.0686. The van der Waals surface area contributed by atoms with Gasteiger partial charge in [-0.3, -0.25) is 0 Å². The van der Waals surface area contributed by atoms with Crippen molar-refractivity contribution in [2.24, 2.45) is 5.41 Å². The Morgan fingerprint density at radius 1 is 1.42 bits per heavy atom. The van der Waals surface area contributed by atoms with E-state index in [2.05, 4.69) is 15.1 Å². The van der Waals surface area contributed by atoms with E-state index in [1.807, 2.05) is 19.1 Å². The van der Waals surface area contributed by atoms with E-state index in [4.69, 9.17) is 4.74 Å². The highest BCUT2D eigenvalue weighted by Crippen LogP contribution is 2.34. The zero-order valence-corrected chi connectivity index (χ0v) is 11.8. The van der Waals surface area contributed by atoms with Gasteiger partial charge in [0.1, 0.15) is 0 Å². The van der Waals surface area contributed by atoms with Gasteiger partial charge in [-0.2, -0.15) is 5.10 Å². The summed E-state index contributed by atoms with van der Waals surface area (Å²) >= 11 is 0. The van der Waals surface area contributed by atoms with Gasteiger partial charge in [-0.25, -0.2) is 0 Å². The molecule has 0 saturated carbocycles. The van der Waals surface area contributed by atoms with Crippen molar-refractivity contribution in [3.8, 4) is 0 Å². The molecule has 5 heteroatoms. The monoisotopic (exact) mass is 265 g/mol. The van der Waals surface area contributed by atoms with Crippen molar-refractivity contribution < 1.29 is 9.84 Å². The Labute approximate surface area is 114 Å². The maximum Gasteiger partial charge on any atom is 0.151 e. The maximum absolute atomic E-state index is 9.76. The highest BCUT2D eigenvalue weighted by Gasteiger charge is 2.35. The Bertz CT molecular complexity index is 396. The highest BCUT2D eigenvalue weighted by atomic mass is 16.5. The third-order valence-corrected chi connectivity index (χ3v) is 3.94. The predicted octanol–water partition coefficient (Wildman–Crippen LogP) is 1.40. The molecule has 0 radical (unpaired) electrons. The number of nitrogens with zero attached hydrogens (tertiary/aromatic N) is 3. The number of ether oxygens (including phenoxy) is 1. The van der Waals surface area contributed by atoms with Crippen LogP contribution in [0.25, 0.3) is 0 Å². The molecule has 1 aliphatic heterocycles. The summed E-state index contributed by atoms with van der Waals surface area (Å²) < 4.78 is 5.17. The zero-order chi connectivity index (χ0) is 13.7. The van der Waals surface area contributed by atoms with Crippen LogP contribution in [0.3, 0.4) is 0 Å². The molecule has 1 aromatic rings. The molecule has 2 rings (SSSR count). The molecule has 1 saturated heterocycles. The lowest BCUT2D eigenvalue weighted by Crippen LogP contribution is -2.46. The van der Waals surface area contributed by atoms with Crippen LogP contribution in [0.4, 0.5) is 5.82 Å². The van der Waals surface area contributed by atoms with Gasteiger partial charge in [0, 0.05) is 32.2 Å². The van der Waals surface area contributed by atoms with Crippen molar-refractivity contribution in [1.29, 1.82) is 0 Å². The molecule has 1 unspecified atom stereocenters. The Morgan fingerprint density at radius 2 is 2.26 bits per heavy atom. The predicted molar refractivity (Wildman–Crippen MR) is 74.2 cm³/mol. The standard InChI is InChI=1S/C14H23N3O2/c1-12-4-5-13(16-15-12)17-8-3-6-14(10-17,11-18)7-9-19-2/h4-5,18H,3,6-11H2,1-2H3. The largest absolute Gasteiger partial charge is 0.396 e. The number of aliphatic hydroxyl groups excluding tert-OH is 1. The first-order valence-electron chi connectivity index (χ1n) is 6.84. The van der Waals surface area contributed by atoms with Crippen LogP contribution in [0.15, 0.2) is 12.1 Å². The molecule has 1 N–H and O–H groups in total. The summed E-state index contributed by atoms with van der Waals surface area (Å²) in [6, 6.07) is 3.98. The van der Waals surface area contributed by atoms with Crippen LogP contribution >= 0.6 is 0 Å². The number of methoxy groups -OCH3 is 1. The minimum Gasteiger partial charge on any atom is -0.396 e. The number of rotatable bonds is 5. The molecule has 106 valence electrons. The number of aromatic nitrogens is 2. The van der Waals surface area contributed by atoms with Gasteiger partial charge in [-0.15, -0.1) is 5.10 Å². The number of aryl methyl sites for hydroxylation is 1. The van der Waals surface area contributed by atoms with Crippen LogP contribution in [-0.4, -0.2) is 48.7 Å². The van der Waals surface area contributed by atoms with Crippen molar-refractivity contribution in [2.75, 3.05) is 38.3 Å². The second-order valence-corrected chi connectivity index (χ2v) is 5.46. The molecular weight excluding hydrogens is 242 g/mol. The van der Waals surface area contributed by atoms with E-state index in [9.17, 15) is 5.11 Å². The molecule has 1 aromatic heterocycles. The number of hydrogen-bond donors (Lipinski definition) is 1. The van der Waals surface area contributed by atoms with E-state index in [1.54, 1.807) is 7.11 Å². The molecule has 2 heterocycles. The van der Waals surface area contributed by atoms with Crippen LogP contribution in [0.2, 0.25) is 0 Å². The number of piperidine rings is 1. The minimum absolute atomic E-state index is 0.0686. The second kappa shape index (κ2) is 6.30. The van der Waals surface area contributed by atoms with Gasteiger partial charge in [0.2, 0.25) is 0 Å².